The van der Waals surface area contributed by atoms with E-state index in [2.05, 4.69) is 15.9 Å². The van der Waals surface area contributed by atoms with Gasteiger partial charge < -0.3 is 14.9 Å². The lowest BCUT2D eigenvalue weighted by molar-refractivity contribution is 0.417. The van der Waals surface area contributed by atoms with E-state index in [4.69, 9.17) is 0 Å². The van der Waals surface area contributed by atoms with Crippen molar-refractivity contribution in [3.8, 4) is 5.75 Å². The Morgan fingerprint density at radius 3 is 2.81 bits per heavy atom. The Labute approximate surface area is 104 Å². The van der Waals surface area contributed by atoms with Crippen molar-refractivity contribution in [1.82, 2.24) is 4.81 Å². The van der Waals surface area contributed by atoms with Crippen LogP contribution in [0.5, 0.6) is 5.75 Å². The van der Waals surface area contributed by atoms with E-state index >= 15 is 0 Å². The maximum atomic E-state index is 9.87. The molecule has 0 aromatic heterocycles. The van der Waals surface area contributed by atoms with Crippen LogP contribution >= 0.6 is 15.9 Å². The third-order valence-corrected chi connectivity index (χ3v) is 3.67. The van der Waals surface area contributed by atoms with Crippen molar-refractivity contribution in [3.05, 3.63) is 28.2 Å². The minimum Gasteiger partial charge on any atom is -0.508 e. The van der Waals surface area contributed by atoms with Gasteiger partial charge in [0.15, 0.2) is 0 Å². The zero-order chi connectivity index (χ0) is 11.7. The lowest BCUT2D eigenvalue weighted by Crippen LogP contribution is -2.34. The first-order valence-electron chi connectivity index (χ1n) is 5.48. The van der Waals surface area contributed by atoms with Crippen molar-refractivity contribution < 1.29 is 10.1 Å². The maximum Gasteiger partial charge on any atom is 0.376 e. The highest BCUT2D eigenvalue weighted by molar-refractivity contribution is 9.10. The van der Waals surface area contributed by atoms with Crippen molar-refractivity contribution in [2.24, 2.45) is 0 Å². The molecule has 5 heteroatoms. The van der Waals surface area contributed by atoms with E-state index in [-0.39, 0.29) is 0 Å². The second kappa shape index (κ2) is 4.78. The van der Waals surface area contributed by atoms with Crippen LogP contribution < -0.4 is 0 Å². The third kappa shape index (κ3) is 2.42. The molecule has 1 atom stereocenters. The van der Waals surface area contributed by atoms with Gasteiger partial charge in [-0.2, -0.15) is 0 Å². The molecule has 0 bridgehead atoms. The van der Waals surface area contributed by atoms with Crippen molar-refractivity contribution >= 4 is 23.0 Å². The van der Waals surface area contributed by atoms with Gasteiger partial charge in [0.05, 0.1) is 0 Å². The van der Waals surface area contributed by atoms with E-state index in [9.17, 15) is 10.1 Å². The number of halogens is 1. The van der Waals surface area contributed by atoms with E-state index < -0.39 is 7.05 Å². The Morgan fingerprint density at radius 1 is 1.50 bits per heavy atom. The molecular weight excluding hydrogens is 269 g/mol. The summed E-state index contributed by atoms with van der Waals surface area (Å²) in [5, 5.41) is 19.4. The summed E-state index contributed by atoms with van der Waals surface area (Å²) in [6.45, 7) is 3.48. The first-order valence-corrected chi connectivity index (χ1v) is 6.27. The fourth-order valence-corrected chi connectivity index (χ4v) is 2.59. The number of hydrogen-bond donors (Lipinski definition) is 2. The third-order valence-electron chi connectivity index (χ3n) is 3.18. The van der Waals surface area contributed by atoms with E-state index in [1.807, 2.05) is 16.9 Å². The molecule has 1 aromatic carbocycles. The molecule has 0 saturated carbocycles. The lowest BCUT2D eigenvalue weighted by atomic mass is 9.85. The molecule has 3 nitrogen and oxygen atoms in total. The van der Waals surface area contributed by atoms with Crippen LogP contribution in [0, 0.1) is 0 Å². The van der Waals surface area contributed by atoms with Crippen LogP contribution in [0.3, 0.4) is 0 Å². The molecule has 0 spiro atoms. The molecule has 1 aliphatic heterocycles. The summed E-state index contributed by atoms with van der Waals surface area (Å²) in [5.41, 5.74) is 0.978. The summed E-state index contributed by atoms with van der Waals surface area (Å²) >= 11 is 3.33. The van der Waals surface area contributed by atoms with Gasteiger partial charge in [-0.05, 0) is 44.0 Å². The van der Waals surface area contributed by atoms with Gasteiger partial charge in [0.25, 0.3) is 0 Å². The minimum absolute atomic E-state index is 0.322. The fraction of sp³-hybridized carbons (Fsp3) is 0.455. The summed E-state index contributed by atoms with van der Waals surface area (Å²) in [4.78, 5) is 2.02. The van der Waals surface area contributed by atoms with Crippen LogP contribution in [0.25, 0.3) is 0 Å². The van der Waals surface area contributed by atoms with Gasteiger partial charge in [0.2, 0.25) is 0 Å². The Morgan fingerprint density at radius 2 is 2.25 bits per heavy atom. The van der Waals surface area contributed by atoms with Crippen LogP contribution in [-0.2, 0) is 0 Å². The van der Waals surface area contributed by atoms with Crippen LogP contribution in [-0.4, -0.2) is 35.1 Å². The Hall–Kier alpha value is -0.515. The van der Waals surface area contributed by atoms with Crippen LogP contribution in [0.15, 0.2) is 22.7 Å². The quantitative estimate of drug-likeness (QED) is 0.817. The van der Waals surface area contributed by atoms with Gasteiger partial charge in [-0.3, -0.25) is 0 Å². The number of phenols is 1. The van der Waals surface area contributed by atoms with Gasteiger partial charge in [0, 0.05) is 10.4 Å². The maximum absolute atomic E-state index is 9.87. The number of phenolic OH excluding ortho intramolecular Hbond substituents is 1. The molecule has 1 saturated heterocycles. The molecule has 1 aromatic rings. The van der Waals surface area contributed by atoms with E-state index in [1.54, 1.807) is 12.9 Å². The van der Waals surface area contributed by atoms with Gasteiger partial charge in [-0.25, -0.2) is 0 Å². The summed E-state index contributed by atoms with van der Waals surface area (Å²) in [6, 6.07) is 5.62. The van der Waals surface area contributed by atoms with E-state index in [0.717, 1.165) is 29.5 Å². The topological polar surface area (TPSA) is 43.7 Å². The standard InChI is InChI=1S/C11H15BBrNO2/c1-12(16)14-5-4-8(7-14)10-3-2-9(13)6-11(10)15/h2-3,6,8,15-16H,4-5,7H2,1H3/t8-/m1/s1. The molecule has 1 fully saturated rings. The molecule has 86 valence electrons. The van der Waals surface area contributed by atoms with Crippen molar-refractivity contribution in [2.75, 3.05) is 13.1 Å². The highest BCUT2D eigenvalue weighted by atomic mass is 79.9. The monoisotopic (exact) mass is 283 g/mol. The summed E-state index contributed by atoms with van der Waals surface area (Å²) in [7, 11) is -0.400. The van der Waals surface area contributed by atoms with Crippen LogP contribution in [0.1, 0.15) is 17.9 Å². The largest absolute Gasteiger partial charge is 0.508 e. The van der Waals surface area contributed by atoms with E-state index in [0.29, 0.717) is 11.7 Å². The average Bonchev–Trinajstić information content (AvgIpc) is 2.66. The molecule has 2 rings (SSSR count). The molecule has 1 aliphatic rings. The van der Waals surface area contributed by atoms with Gasteiger partial charge in [-0.15, -0.1) is 0 Å². The molecule has 16 heavy (non-hydrogen) atoms. The summed E-state index contributed by atoms with van der Waals surface area (Å²) < 4.78 is 0.888. The highest BCUT2D eigenvalue weighted by Gasteiger charge is 2.29. The number of nitrogens with zero attached hydrogens (tertiary/aromatic N) is 1. The second-order valence-corrected chi connectivity index (χ2v) is 5.23. The van der Waals surface area contributed by atoms with Crippen molar-refractivity contribution in [3.63, 3.8) is 0 Å². The first-order chi connectivity index (χ1) is 7.58. The van der Waals surface area contributed by atoms with Crippen LogP contribution in [0.2, 0.25) is 6.82 Å². The van der Waals surface area contributed by atoms with Gasteiger partial charge in [-0.1, -0.05) is 22.0 Å². The molecule has 2 N–H and O–H groups in total. The highest BCUT2D eigenvalue weighted by Crippen LogP contribution is 2.34. The Bertz CT molecular complexity index is 386. The molecule has 0 amide bonds. The predicted octanol–water partition coefficient (Wildman–Crippen LogP) is 2.05. The Kier molecular flexibility index (Phi) is 3.57. The number of rotatable bonds is 2. The fourth-order valence-electron chi connectivity index (χ4n) is 2.24. The zero-order valence-corrected chi connectivity index (χ0v) is 10.8. The van der Waals surface area contributed by atoms with Gasteiger partial charge in [0.1, 0.15) is 5.75 Å². The summed E-state index contributed by atoms with van der Waals surface area (Å²) in [5.74, 6) is 0.662. The number of hydrogen-bond acceptors (Lipinski definition) is 3. The molecule has 1 heterocycles. The summed E-state index contributed by atoms with van der Waals surface area (Å²) in [6.07, 6.45) is 0.986. The minimum atomic E-state index is -0.400. The number of benzene rings is 1. The predicted molar refractivity (Wildman–Crippen MR) is 68.6 cm³/mol. The van der Waals surface area contributed by atoms with Crippen molar-refractivity contribution in [2.45, 2.75) is 19.2 Å². The zero-order valence-electron chi connectivity index (χ0n) is 9.23. The second-order valence-electron chi connectivity index (χ2n) is 4.32. The molecule has 0 aliphatic carbocycles. The first kappa shape index (κ1) is 12.0. The van der Waals surface area contributed by atoms with Gasteiger partial charge >= 0.3 is 7.05 Å². The Balaban J connectivity index is 2.14. The molecular formula is C11H15BBrNO2. The average molecular weight is 284 g/mol. The molecule has 0 radical (unpaired) electrons. The number of aromatic hydroxyl groups is 1. The normalized spacial score (nSPS) is 21.3. The van der Waals surface area contributed by atoms with Crippen molar-refractivity contribution in [1.29, 1.82) is 0 Å². The SMILES string of the molecule is CB(O)N1CC[C@@H](c2ccc(Br)cc2O)C1. The smallest absolute Gasteiger partial charge is 0.376 e. The lowest BCUT2D eigenvalue weighted by Gasteiger charge is -2.17. The molecule has 0 unspecified atom stereocenters. The van der Waals surface area contributed by atoms with Crippen LogP contribution in [0.4, 0.5) is 0 Å². The van der Waals surface area contributed by atoms with E-state index in [1.165, 1.54) is 0 Å².